The predicted molar refractivity (Wildman–Crippen MR) is 83.5 cm³/mol. The van der Waals surface area contributed by atoms with E-state index in [9.17, 15) is 4.39 Å². The zero-order valence-electron chi connectivity index (χ0n) is 12.9. The van der Waals surface area contributed by atoms with E-state index in [1.54, 1.807) is 12.1 Å². The summed E-state index contributed by atoms with van der Waals surface area (Å²) in [4.78, 5) is 0. The summed E-state index contributed by atoms with van der Waals surface area (Å²) in [6.45, 7) is 5.25. The standard InChI is InChI=1S/C18H28FN/c1-3-20-18(15-8-6-4-5-7-9-15)13-16-12-17(19)11-10-14(16)2/h10-12,15,18,20H,3-9,13H2,1-2H3. The average Bonchev–Trinajstić information content (AvgIpc) is 2.71. The van der Waals surface area contributed by atoms with Crippen molar-refractivity contribution in [1.82, 2.24) is 5.32 Å². The van der Waals surface area contributed by atoms with Gasteiger partial charge in [-0.2, -0.15) is 0 Å². The van der Waals surface area contributed by atoms with Crippen molar-refractivity contribution in [3.8, 4) is 0 Å². The lowest BCUT2D eigenvalue weighted by Gasteiger charge is -2.27. The molecule has 1 atom stereocenters. The molecule has 20 heavy (non-hydrogen) atoms. The highest BCUT2D eigenvalue weighted by atomic mass is 19.1. The molecular weight excluding hydrogens is 249 g/mol. The minimum Gasteiger partial charge on any atom is -0.314 e. The third-order valence-electron chi connectivity index (χ3n) is 4.69. The first-order valence-electron chi connectivity index (χ1n) is 8.19. The van der Waals surface area contributed by atoms with E-state index in [-0.39, 0.29) is 5.82 Å². The van der Waals surface area contributed by atoms with Crippen LogP contribution >= 0.6 is 0 Å². The predicted octanol–water partition coefficient (Wildman–Crippen LogP) is 4.63. The normalized spacial score (nSPS) is 18.8. The minimum atomic E-state index is -0.110. The molecule has 1 N–H and O–H groups in total. The highest BCUT2D eigenvalue weighted by molar-refractivity contribution is 5.27. The van der Waals surface area contributed by atoms with E-state index in [4.69, 9.17) is 0 Å². The number of hydrogen-bond donors (Lipinski definition) is 1. The van der Waals surface area contributed by atoms with Gasteiger partial charge in [0.05, 0.1) is 0 Å². The summed E-state index contributed by atoms with van der Waals surface area (Å²) in [7, 11) is 0. The van der Waals surface area contributed by atoms with Gasteiger partial charge in [-0.15, -0.1) is 0 Å². The zero-order chi connectivity index (χ0) is 14.4. The van der Waals surface area contributed by atoms with Gasteiger partial charge in [0.25, 0.3) is 0 Å². The monoisotopic (exact) mass is 277 g/mol. The van der Waals surface area contributed by atoms with Gasteiger partial charge < -0.3 is 5.32 Å². The van der Waals surface area contributed by atoms with Crippen molar-refractivity contribution in [2.75, 3.05) is 6.54 Å². The van der Waals surface area contributed by atoms with E-state index in [1.165, 1.54) is 49.7 Å². The summed E-state index contributed by atoms with van der Waals surface area (Å²) in [5.74, 6) is 0.641. The summed E-state index contributed by atoms with van der Waals surface area (Å²) >= 11 is 0. The lowest BCUT2D eigenvalue weighted by atomic mass is 9.86. The molecule has 1 aromatic carbocycles. The van der Waals surface area contributed by atoms with Gasteiger partial charge in [0.2, 0.25) is 0 Å². The number of aryl methyl sites for hydroxylation is 1. The van der Waals surface area contributed by atoms with Crippen LogP contribution in [0.4, 0.5) is 4.39 Å². The third-order valence-corrected chi connectivity index (χ3v) is 4.69. The molecule has 0 heterocycles. The number of likely N-dealkylation sites (N-methyl/N-ethyl adjacent to an activating group) is 1. The van der Waals surface area contributed by atoms with Crippen molar-refractivity contribution in [3.63, 3.8) is 0 Å². The van der Waals surface area contributed by atoms with E-state index in [2.05, 4.69) is 19.2 Å². The molecule has 1 fully saturated rings. The minimum absolute atomic E-state index is 0.110. The van der Waals surface area contributed by atoms with Gasteiger partial charge in [0.15, 0.2) is 0 Å². The van der Waals surface area contributed by atoms with Crippen molar-refractivity contribution in [2.24, 2.45) is 5.92 Å². The fourth-order valence-electron chi connectivity index (χ4n) is 3.48. The van der Waals surface area contributed by atoms with Gasteiger partial charge in [-0.1, -0.05) is 38.7 Å². The molecule has 1 nitrogen and oxygen atoms in total. The van der Waals surface area contributed by atoms with Gasteiger partial charge in [0.1, 0.15) is 5.82 Å². The highest BCUT2D eigenvalue weighted by Crippen LogP contribution is 2.28. The Bertz CT molecular complexity index is 408. The lowest BCUT2D eigenvalue weighted by molar-refractivity contribution is 0.321. The first-order valence-corrected chi connectivity index (χ1v) is 8.19. The maximum Gasteiger partial charge on any atom is 0.123 e. The Morgan fingerprint density at radius 3 is 2.55 bits per heavy atom. The molecule has 0 radical (unpaired) electrons. The van der Waals surface area contributed by atoms with Crippen LogP contribution in [0.25, 0.3) is 0 Å². The smallest absolute Gasteiger partial charge is 0.123 e. The number of rotatable bonds is 5. The summed E-state index contributed by atoms with van der Waals surface area (Å²) in [5, 5.41) is 3.65. The second kappa shape index (κ2) is 7.78. The third kappa shape index (κ3) is 4.31. The zero-order valence-corrected chi connectivity index (χ0v) is 12.9. The van der Waals surface area contributed by atoms with Crippen molar-refractivity contribution in [2.45, 2.75) is 64.8 Å². The highest BCUT2D eigenvalue weighted by Gasteiger charge is 2.22. The Balaban J connectivity index is 2.09. The Labute approximate surface area is 123 Å². The van der Waals surface area contributed by atoms with Crippen LogP contribution in [0.3, 0.4) is 0 Å². The van der Waals surface area contributed by atoms with Gasteiger partial charge in [-0.05, 0) is 61.9 Å². The van der Waals surface area contributed by atoms with Gasteiger partial charge in [0, 0.05) is 6.04 Å². The molecule has 1 unspecified atom stereocenters. The molecule has 1 aromatic rings. The fourth-order valence-corrected chi connectivity index (χ4v) is 3.48. The van der Waals surface area contributed by atoms with Crippen molar-refractivity contribution in [1.29, 1.82) is 0 Å². The van der Waals surface area contributed by atoms with Crippen LogP contribution in [-0.2, 0) is 6.42 Å². The molecule has 1 saturated carbocycles. The molecule has 1 aliphatic rings. The van der Waals surface area contributed by atoms with Crippen LogP contribution in [0, 0.1) is 18.7 Å². The van der Waals surface area contributed by atoms with Crippen LogP contribution in [0.1, 0.15) is 56.6 Å². The number of nitrogens with one attached hydrogen (secondary N) is 1. The quantitative estimate of drug-likeness (QED) is 0.774. The first kappa shape index (κ1) is 15.5. The van der Waals surface area contributed by atoms with E-state index >= 15 is 0 Å². The molecular formula is C18H28FN. The van der Waals surface area contributed by atoms with Crippen LogP contribution in [0.15, 0.2) is 18.2 Å². The Morgan fingerprint density at radius 2 is 1.90 bits per heavy atom. The SMILES string of the molecule is CCNC(Cc1cc(F)ccc1C)C1CCCCCC1. The summed E-state index contributed by atoms with van der Waals surface area (Å²) in [5.41, 5.74) is 2.38. The number of halogens is 1. The van der Waals surface area contributed by atoms with Crippen molar-refractivity contribution in [3.05, 3.63) is 35.1 Å². The molecule has 2 heteroatoms. The maximum absolute atomic E-state index is 13.5. The first-order chi connectivity index (χ1) is 9.70. The van der Waals surface area contributed by atoms with Crippen LogP contribution < -0.4 is 5.32 Å². The van der Waals surface area contributed by atoms with E-state index in [0.717, 1.165) is 18.9 Å². The largest absolute Gasteiger partial charge is 0.314 e. The molecule has 2 rings (SSSR count). The molecule has 0 saturated heterocycles. The van der Waals surface area contributed by atoms with Gasteiger partial charge >= 0.3 is 0 Å². The fraction of sp³-hybridized carbons (Fsp3) is 0.667. The lowest BCUT2D eigenvalue weighted by Crippen LogP contribution is -2.38. The molecule has 112 valence electrons. The van der Waals surface area contributed by atoms with Crippen LogP contribution in [0.5, 0.6) is 0 Å². The molecule has 0 aromatic heterocycles. The second-order valence-electron chi connectivity index (χ2n) is 6.19. The molecule has 0 spiro atoms. The summed E-state index contributed by atoms with van der Waals surface area (Å²) < 4.78 is 13.5. The Hall–Kier alpha value is -0.890. The van der Waals surface area contributed by atoms with E-state index < -0.39 is 0 Å². The molecule has 1 aliphatic carbocycles. The average molecular weight is 277 g/mol. The van der Waals surface area contributed by atoms with Crippen LogP contribution in [-0.4, -0.2) is 12.6 Å². The summed E-state index contributed by atoms with van der Waals surface area (Å²) in [6, 6.07) is 5.68. The number of hydrogen-bond acceptors (Lipinski definition) is 1. The maximum atomic E-state index is 13.5. The second-order valence-corrected chi connectivity index (χ2v) is 6.19. The summed E-state index contributed by atoms with van der Waals surface area (Å²) in [6.07, 6.45) is 9.09. The van der Waals surface area contributed by atoms with Gasteiger partial charge in [-0.25, -0.2) is 4.39 Å². The van der Waals surface area contributed by atoms with E-state index in [1.807, 2.05) is 6.07 Å². The molecule has 0 bridgehead atoms. The van der Waals surface area contributed by atoms with Gasteiger partial charge in [-0.3, -0.25) is 0 Å². The number of benzene rings is 1. The Morgan fingerprint density at radius 1 is 1.20 bits per heavy atom. The topological polar surface area (TPSA) is 12.0 Å². The van der Waals surface area contributed by atoms with E-state index in [0.29, 0.717) is 6.04 Å². The van der Waals surface area contributed by atoms with Crippen molar-refractivity contribution < 1.29 is 4.39 Å². The van der Waals surface area contributed by atoms with Crippen LogP contribution in [0.2, 0.25) is 0 Å². The van der Waals surface area contributed by atoms with Crippen molar-refractivity contribution >= 4 is 0 Å². The molecule has 0 amide bonds. The Kier molecular flexibility index (Phi) is 6.03. The molecule has 0 aliphatic heterocycles.